The van der Waals surface area contributed by atoms with Gasteiger partial charge in [0.15, 0.2) is 0 Å². The Morgan fingerprint density at radius 3 is 2.83 bits per heavy atom. The molecule has 0 amide bonds. The van der Waals surface area contributed by atoms with Gasteiger partial charge in [-0.2, -0.15) is 0 Å². The summed E-state index contributed by atoms with van der Waals surface area (Å²) in [6, 6.07) is 1.87. The second kappa shape index (κ2) is 6.78. The molecule has 1 heterocycles. The van der Waals surface area contributed by atoms with E-state index < -0.39 is 0 Å². The molecular weight excluding hydrogens is 232 g/mol. The van der Waals surface area contributed by atoms with E-state index in [0.717, 1.165) is 18.2 Å². The zero-order valence-corrected chi connectivity index (χ0v) is 11.4. The average molecular weight is 252 g/mol. The molecule has 0 spiro atoms. The van der Waals surface area contributed by atoms with Gasteiger partial charge in [0.25, 0.3) is 0 Å². The highest BCUT2D eigenvalue weighted by Gasteiger charge is 2.08. The largest absolute Gasteiger partial charge is 0.469 e. The number of hydrogen-bond donors (Lipinski definition) is 1. The van der Waals surface area contributed by atoms with Gasteiger partial charge < -0.3 is 15.0 Å². The molecule has 100 valence electrons. The van der Waals surface area contributed by atoms with Gasteiger partial charge in [-0.15, -0.1) is 0 Å². The van der Waals surface area contributed by atoms with E-state index in [1.807, 2.05) is 31.9 Å². The minimum atomic E-state index is -0.223. The van der Waals surface area contributed by atoms with Crippen molar-refractivity contribution >= 4 is 17.6 Å². The minimum absolute atomic E-state index is 0.223. The van der Waals surface area contributed by atoms with E-state index in [0.29, 0.717) is 18.8 Å². The molecule has 0 aliphatic carbocycles. The molecule has 0 bridgehead atoms. The summed E-state index contributed by atoms with van der Waals surface area (Å²) in [7, 11) is 3.28. The number of methoxy groups -OCH3 is 1. The third-order valence-electron chi connectivity index (χ3n) is 2.45. The number of aromatic nitrogens is 2. The lowest BCUT2D eigenvalue weighted by molar-refractivity contribution is -0.140. The number of anilines is 2. The summed E-state index contributed by atoms with van der Waals surface area (Å²) in [4.78, 5) is 21.6. The predicted molar refractivity (Wildman–Crippen MR) is 70.8 cm³/mol. The second-order valence-electron chi connectivity index (χ2n) is 3.94. The van der Waals surface area contributed by atoms with Crippen molar-refractivity contribution in [2.45, 2.75) is 20.3 Å². The first-order chi connectivity index (χ1) is 8.56. The van der Waals surface area contributed by atoms with E-state index in [1.54, 1.807) is 0 Å². The number of carbonyl (C=O) groups excluding carboxylic acids is 1. The lowest BCUT2D eigenvalue weighted by Gasteiger charge is -2.18. The molecular formula is C12H20N4O2. The van der Waals surface area contributed by atoms with Crippen LogP contribution in [-0.2, 0) is 9.53 Å². The number of nitrogens with one attached hydrogen (secondary N) is 1. The van der Waals surface area contributed by atoms with E-state index in [2.05, 4.69) is 20.0 Å². The van der Waals surface area contributed by atoms with Crippen molar-refractivity contribution in [1.82, 2.24) is 9.97 Å². The van der Waals surface area contributed by atoms with Gasteiger partial charge in [0.05, 0.1) is 13.5 Å². The van der Waals surface area contributed by atoms with E-state index in [1.165, 1.54) is 7.11 Å². The maximum absolute atomic E-state index is 11.1. The maximum atomic E-state index is 11.1. The van der Waals surface area contributed by atoms with E-state index in [4.69, 9.17) is 0 Å². The number of nitrogens with zero attached hydrogens (tertiary/aromatic N) is 3. The van der Waals surface area contributed by atoms with Crippen LogP contribution < -0.4 is 10.2 Å². The van der Waals surface area contributed by atoms with Crippen LogP contribution in [0.3, 0.4) is 0 Å². The molecule has 1 aromatic rings. The summed E-state index contributed by atoms with van der Waals surface area (Å²) >= 11 is 0. The first kappa shape index (κ1) is 14.2. The van der Waals surface area contributed by atoms with Crippen LogP contribution >= 0.6 is 0 Å². The van der Waals surface area contributed by atoms with Crippen molar-refractivity contribution in [3.63, 3.8) is 0 Å². The Morgan fingerprint density at radius 1 is 1.50 bits per heavy atom. The number of rotatable bonds is 6. The Labute approximate surface area is 107 Å². The van der Waals surface area contributed by atoms with Crippen LogP contribution in [-0.4, -0.2) is 43.2 Å². The van der Waals surface area contributed by atoms with Crippen LogP contribution in [0.15, 0.2) is 6.07 Å². The number of hydrogen-bond acceptors (Lipinski definition) is 6. The predicted octanol–water partition coefficient (Wildman–Crippen LogP) is 1.22. The van der Waals surface area contributed by atoms with E-state index >= 15 is 0 Å². The number of aryl methyl sites for hydroxylation is 1. The van der Waals surface area contributed by atoms with Gasteiger partial charge in [-0.1, -0.05) is 0 Å². The number of ether oxygens (including phenoxy) is 1. The lowest BCUT2D eigenvalue weighted by Crippen LogP contribution is -2.23. The highest BCUT2D eigenvalue weighted by atomic mass is 16.5. The minimum Gasteiger partial charge on any atom is -0.469 e. The van der Waals surface area contributed by atoms with E-state index in [9.17, 15) is 4.79 Å². The number of carbonyl (C=O) groups is 1. The van der Waals surface area contributed by atoms with Crippen LogP contribution in [0.4, 0.5) is 11.6 Å². The van der Waals surface area contributed by atoms with E-state index in [-0.39, 0.29) is 5.97 Å². The molecule has 0 aromatic carbocycles. The van der Waals surface area contributed by atoms with Gasteiger partial charge in [-0.3, -0.25) is 4.79 Å². The number of esters is 1. The molecule has 0 radical (unpaired) electrons. The van der Waals surface area contributed by atoms with Gasteiger partial charge in [0, 0.05) is 26.2 Å². The topological polar surface area (TPSA) is 67.4 Å². The zero-order chi connectivity index (χ0) is 13.5. The van der Waals surface area contributed by atoms with Gasteiger partial charge >= 0.3 is 5.97 Å². The Balaban J connectivity index is 2.72. The molecule has 1 rings (SSSR count). The Kier molecular flexibility index (Phi) is 5.35. The van der Waals surface area contributed by atoms with Gasteiger partial charge in [-0.05, 0) is 13.8 Å². The molecule has 0 unspecified atom stereocenters. The fourth-order valence-corrected chi connectivity index (χ4v) is 1.49. The molecule has 0 aliphatic heterocycles. The third-order valence-corrected chi connectivity index (χ3v) is 2.45. The van der Waals surface area contributed by atoms with Crippen molar-refractivity contribution < 1.29 is 9.53 Å². The van der Waals surface area contributed by atoms with Crippen LogP contribution in [0, 0.1) is 6.92 Å². The van der Waals surface area contributed by atoms with Gasteiger partial charge in [0.1, 0.15) is 17.5 Å². The summed E-state index contributed by atoms with van der Waals surface area (Å²) in [6.07, 6.45) is 0.340. The van der Waals surface area contributed by atoms with Crippen molar-refractivity contribution in [3.8, 4) is 0 Å². The Morgan fingerprint density at radius 2 is 2.22 bits per heavy atom. The van der Waals surface area contributed by atoms with Crippen molar-refractivity contribution in [3.05, 3.63) is 11.9 Å². The van der Waals surface area contributed by atoms with Gasteiger partial charge in [0.2, 0.25) is 0 Å². The highest BCUT2D eigenvalue weighted by Crippen LogP contribution is 2.14. The molecule has 0 saturated carbocycles. The monoisotopic (exact) mass is 252 g/mol. The summed E-state index contributed by atoms with van der Waals surface area (Å²) in [5.41, 5.74) is 0. The molecule has 6 nitrogen and oxygen atoms in total. The molecule has 18 heavy (non-hydrogen) atoms. The maximum Gasteiger partial charge on any atom is 0.307 e. The Bertz CT molecular complexity index is 409. The second-order valence-corrected chi connectivity index (χ2v) is 3.94. The molecule has 0 fully saturated rings. The standard InChI is InChI=1S/C12H20N4O2/c1-5-13-10-8-11(15-9(2)14-10)16(3)7-6-12(17)18-4/h8H,5-7H2,1-4H3,(H,13,14,15). The average Bonchev–Trinajstić information content (AvgIpc) is 2.35. The normalized spacial score (nSPS) is 10.0. The van der Waals surface area contributed by atoms with Crippen LogP contribution in [0.25, 0.3) is 0 Å². The van der Waals surface area contributed by atoms with Crippen molar-refractivity contribution in [1.29, 1.82) is 0 Å². The summed E-state index contributed by atoms with van der Waals surface area (Å²) in [5, 5.41) is 3.15. The first-order valence-corrected chi connectivity index (χ1v) is 5.94. The smallest absolute Gasteiger partial charge is 0.307 e. The molecule has 0 saturated heterocycles. The van der Waals surface area contributed by atoms with Crippen LogP contribution in [0.1, 0.15) is 19.2 Å². The summed E-state index contributed by atoms with van der Waals surface area (Å²) < 4.78 is 4.61. The zero-order valence-electron chi connectivity index (χ0n) is 11.4. The highest BCUT2D eigenvalue weighted by molar-refractivity contribution is 5.70. The molecule has 0 aliphatic rings. The first-order valence-electron chi connectivity index (χ1n) is 5.94. The SMILES string of the molecule is CCNc1cc(N(C)CCC(=O)OC)nc(C)n1. The summed E-state index contributed by atoms with van der Waals surface area (Å²) in [6.45, 7) is 5.23. The molecule has 1 aromatic heterocycles. The molecule has 6 heteroatoms. The quantitative estimate of drug-likeness (QED) is 0.768. The van der Waals surface area contributed by atoms with Crippen molar-refractivity contribution in [2.24, 2.45) is 0 Å². The van der Waals surface area contributed by atoms with Crippen molar-refractivity contribution in [2.75, 3.05) is 37.5 Å². The lowest BCUT2D eigenvalue weighted by atomic mass is 10.3. The van der Waals surface area contributed by atoms with Gasteiger partial charge in [-0.25, -0.2) is 9.97 Å². The van der Waals surface area contributed by atoms with Crippen LogP contribution in [0.2, 0.25) is 0 Å². The summed E-state index contributed by atoms with van der Waals surface area (Å²) in [5.74, 6) is 2.07. The molecule has 1 N–H and O–H groups in total. The third kappa shape index (κ3) is 4.20. The molecule has 0 atom stereocenters. The fraction of sp³-hybridized carbons (Fsp3) is 0.583. The fourth-order valence-electron chi connectivity index (χ4n) is 1.49. The Hall–Kier alpha value is -1.85. The van der Waals surface area contributed by atoms with Crippen LogP contribution in [0.5, 0.6) is 0 Å².